The van der Waals surface area contributed by atoms with E-state index < -0.39 is 16.1 Å². The van der Waals surface area contributed by atoms with Crippen LogP contribution in [0.25, 0.3) is 0 Å². The van der Waals surface area contributed by atoms with Crippen LogP contribution in [-0.4, -0.2) is 16.1 Å². The molecule has 0 spiro atoms. The first kappa shape index (κ1) is 20.7. The third-order valence-electron chi connectivity index (χ3n) is 7.03. The molecule has 0 saturated carbocycles. The summed E-state index contributed by atoms with van der Waals surface area (Å²) in [5.41, 5.74) is 4.64. The van der Waals surface area contributed by atoms with E-state index >= 15 is 0 Å². The first-order valence-electron chi connectivity index (χ1n) is 9.96. The monoisotopic (exact) mass is 348 g/mol. The van der Waals surface area contributed by atoms with E-state index in [1.54, 1.807) is 5.56 Å². The van der Waals surface area contributed by atoms with Gasteiger partial charge >= 0.3 is 0 Å². The highest BCUT2D eigenvalue weighted by Crippen LogP contribution is 2.47. The van der Waals surface area contributed by atoms with Gasteiger partial charge in [0, 0.05) is 0 Å². The zero-order chi connectivity index (χ0) is 17.7. The average Bonchev–Trinajstić information content (AvgIpc) is 2.55. The summed E-state index contributed by atoms with van der Waals surface area (Å²) in [6.45, 7) is 19.5. The predicted molar refractivity (Wildman–Crippen MR) is 113 cm³/mol. The molecule has 2 heteroatoms. The minimum Gasteiger partial charge on any atom is -0.0678 e. The Hall–Kier alpha value is -0.346. The van der Waals surface area contributed by atoms with Crippen molar-refractivity contribution in [3.05, 3.63) is 34.9 Å². The lowest BCUT2D eigenvalue weighted by Gasteiger charge is -2.49. The fraction of sp³-hybridized carbons (Fsp3) is 0.714. The van der Waals surface area contributed by atoms with E-state index in [1.165, 1.54) is 47.4 Å². The van der Waals surface area contributed by atoms with Gasteiger partial charge in [-0.15, -0.1) is 0 Å². The van der Waals surface area contributed by atoms with Crippen molar-refractivity contribution in [1.82, 2.24) is 0 Å². The lowest BCUT2D eigenvalue weighted by Crippen LogP contribution is -2.55. The molecule has 1 aromatic rings. The van der Waals surface area contributed by atoms with Crippen molar-refractivity contribution in [3.63, 3.8) is 0 Å². The molecule has 1 aromatic carbocycles. The van der Waals surface area contributed by atoms with Gasteiger partial charge < -0.3 is 0 Å². The van der Waals surface area contributed by atoms with Gasteiger partial charge in [0.1, 0.15) is 0 Å². The molecule has 1 rings (SSSR count). The summed E-state index contributed by atoms with van der Waals surface area (Å²) >= 11 is 0. The summed E-state index contributed by atoms with van der Waals surface area (Å²) in [7, 11) is -2.54. The lowest BCUT2D eigenvalue weighted by molar-refractivity contribution is 0.985. The molecule has 0 amide bonds. The number of rotatable bonds is 9. The molecule has 0 aliphatic rings. The van der Waals surface area contributed by atoms with Gasteiger partial charge in [-0.2, -0.15) is 0 Å². The fourth-order valence-corrected chi connectivity index (χ4v) is 21.3. The van der Waals surface area contributed by atoms with E-state index in [2.05, 4.69) is 73.6 Å². The molecule has 132 valence electrons. The van der Waals surface area contributed by atoms with Gasteiger partial charge in [-0.05, 0) is 24.6 Å². The van der Waals surface area contributed by atoms with Crippen molar-refractivity contribution in [2.24, 2.45) is 0 Å². The van der Waals surface area contributed by atoms with Crippen LogP contribution in [0.15, 0.2) is 18.2 Å². The van der Waals surface area contributed by atoms with Crippen LogP contribution in [0.4, 0.5) is 0 Å². The molecule has 0 heterocycles. The Morgan fingerprint density at radius 3 is 1.17 bits per heavy atom. The van der Waals surface area contributed by atoms with Crippen LogP contribution in [0.5, 0.6) is 0 Å². The highest BCUT2D eigenvalue weighted by atomic mass is 28.4. The normalized spacial score (nSPS) is 12.9. The van der Waals surface area contributed by atoms with Crippen molar-refractivity contribution < 1.29 is 0 Å². The van der Waals surface area contributed by atoms with E-state index in [9.17, 15) is 0 Å². The molecule has 0 bridgehead atoms. The van der Waals surface area contributed by atoms with Crippen molar-refractivity contribution in [3.8, 4) is 0 Å². The van der Waals surface area contributed by atoms with Crippen molar-refractivity contribution in [1.29, 1.82) is 0 Å². The third kappa shape index (κ3) is 4.01. The second kappa shape index (κ2) is 8.66. The van der Waals surface area contributed by atoms with Gasteiger partial charge in [0.25, 0.3) is 0 Å². The van der Waals surface area contributed by atoms with Crippen molar-refractivity contribution >= 4 is 16.1 Å². The maximum absolute atomic E-state index is 2.54. The summed E-state index contributed by atoms with van der Waals surface area (Å²) in [6.07, 6.45) is 0. The summed E-state index contributed by atoms with van der Waals surface area (Å²) in [5.74, 6) is 0. The zero-order valence-electron chi connectivity index (χ0n) is 17.1. The zero-order valence-corrected chi connectivity index (χ0v) is 19.1. The van der Waals surface area contributed by atoms with Crippen molar-refractivity contribution in [2.45, 2.75) is 96.8 Å². The first-order chi connectivity index (χ1) is 10.9. The number of hydrogen-bond acceptors (Lipinski definition) is 0. The Labute approximate surface area is 148 Å². The molecule has 0 radical (unpaired) electrons. The first-order valence-corrected chi connectivity index (χ1v) is 15.4. The van der Waals surface area contributed by atoms with Gasteiger partial charge in [-0.25, -0.2) is 0 Å². The second-order valence-electron chi connectivity index (χ2n) is 7.70. The Morgan fingerprint density at radius 2 is 0.913 bits per heavy atom. The van der Waals surface area contributed by atoms with E-state index in [-0.39, 0.29) is 0 Å². The van der Waals surface area contributed by atoms with Crippen LogP contribution in [-0.2, 0) is 0 Å². The Bertz CT molecular complexity index is 428. The molecule has 0 saturated heterocycles. The molecular weight excluding hydrogens is 308 g/mol. The summed E-state index contributed by atoms with van der Waals surface area (Å²) in [5, 5.41) is 0.939. The van der Waals surface area contributed by atoms with E-state index in [4.69, 9.17) is 0 Å². The highest BCUT2D eigenvalue weighted by molar-refractivity contribution is 6.99. The van der Waals surface area contributed by atoms with Gasteiger partial charge in [-0.3, -0.25) is 0 Å². The number of benzene rings is 1. The molecule has 23 heavy (non-hydrogen) atoms. The van der Waals surface area contributed by atoms with E-state index in [0.29, 0.717) is 0 Å². The standard InChI is InChI=1S/C21H40Si2/c1-9-22(10-2,11-3)21(23(12-4,13-5)14-6)20-16-18(7)15-19(8)17-20/h15-17,21H,9-14H2,1-8H3. The molecule has 0 nitrogen and oxygen atoms in total. The van der Waals surface area contributed by atoms with Gasteiger partial charge in [0.15, 0.2) is 0 Å². The largest absolute Gasteiger partial charge is 0.0678 e. The van der Waals surface area contributed by atoms with Crippen LogP contribution in [0, 0.1) is 13.8 Å². The maximum Gasteiger partial charge on any atom is 0.0577 e. The molecule has 0 aliphatic heterocycles. The molecule has 0 atom stereocenters. The Morgan fingerprint density at radius 1 is 0.609 bits per heavy atom. The topological polar surface area (TPSA) is 0 Å². The predicted octanol–water partition coefficient (Wildman–Crippen LogP) is 7.48. The lowest BCUT2D eigenvalue weighted by atomic mass is 10.1. The Kier molecular flexibility index (Phi) is 7.80. The van der Waals surface area contributed by atoms with Gasteiger partial charge in [-0.1, -0.05) is 107 Å². The minimum atomic E-state index is -1.27. The van der Waals surface area contributed by atoms with E-state index in [0.717, 1.165) is 5.16 Å². The van der Waals surface area contributed by atoms with E-state index in [1.807, 2.05) is 0 Å². The Balaban J connectivity index is 3.66. The highest BCUT2D eigenvalue weighted by Gasteiger charge is 2.48. The quantitative estimate of drug-likeness (QED) is 0.406. The van der Waals surface area contributed by atoms with Gasteiger partial charge in [0.05, 0.1) is 16.1 Å². The third-order valence-corrected chi connectivity index (χ3v) is 22.3. The fourth-order valence-electron chi connectivity index (χ4n) is 5.26. The van der Waals surface area contributed by atoms with Crippen molar-refractivity contribution in [2.75, 3.05) is 0 Å². The molecule has 0 aliphatic carbocycles. The van der Waals surface area contributed by atoms with Crippen LogP contribution in [0.3, 0.4) is 0 Å². The molecule has 0 unspecified atom stereocenters. The van der Waals surface area contributed by atoms with Crippen LogP contribution in [0.1, 0.15) is 63.4 Å². The van der Waals surface area contributed by atoms with Crippen LogP contribution in [0.2, 0.25) is 36.3 Å². The molecule has 0 aromatic heterocycles. The number of aryl methyl sites for hydroxylation is 2. The summed E-state index contributed by atoms with van der Waals surface area (Å²) < 4.78 is 0. The molecular formula is C21H40Si2. The molecule has 0 fully saturated rings. The average molecular weight is 349 g/mol. The number of hydrogen-bond donors (Lipinski definition) is 0. The SMILES string of the molecule is CC[Si](CC)(CC)C(c1cc(C)cc(C)c1)[Si](CC)(CC)CC. The van der Waals surface area contributed by atoms with Gasteiger partial charge in [0.2, 0.25) is 0 Å². The summed E-state index contributed by atoms with van der Waals surface area (Å²) in [4.78, 5) is 0. The van der Waals surface area contributed by atoms with Crippen LogP contribution < -0.4 is 0 Å². The second-order valence-corrected chi connectivity index (χ2v) is 19.1. The molecule has 0 N–H and O–H groups in total. The smallest absolute Gasteiger partial charge is 0.0577 e. The maximum atomic E-state index is 2.54. The summed E-state index contributed by atoms with van der Waals surface area (Å²) in [6, 6.07) is 16.1. The minimum absolute atomic E-state index is 0.939. The van der Waals surface area contributed by atoms with Crippen LogP contribution >= 0.6 is 0 Å².